The van der Waals surface area contributed by atoms with Crippen molar-refractivity contribution in [3.8, 4) is 5.75 Å². The molecule has 2 aromatic carbocycles. The molecule has 0 radical (unpaired) electrons. The Balaban J connectivity index is 1.44. The van der Waals surface area contributed by atoms with Gasteiger partial charge in [-0.3, -0.25) is 4.79 Å². The van der Waals surface area contributed by atoms with Crippen molar-refractivity contribution in [1.29, 1.82) is 0 Å². The largest absolute Gasteiger partial charge is 0.489 e. The molecule has 1 saturated heterocycles. The number of halogens is 1. The number of methoxy groups -OCH3 is 1. The highest BCUT2D eigenvalue weighted by Crippen LogP contribution is 2.45. The van der Waals surface area contributed by atoms with E-state index in [9.17, 15) is 4.79 Å². The van der Waals surface area contributed by atoms with Crippen LogP contribution in [-0.2, 0) is 16.1 Å². The summed E-state index contributed by atoms with van der Waals surface area (Å²) >= 11 is 6.31. The summed E-state index contributed by atoms with van der Waals surface area (Å²) in [5.74, 6) is 1.78. The van der Waals surface area contributed by atoms with Crippen molar-refractivity contribution in [3.05, 3.63) is 64.2 Å². The standard InChI is InChI=1S/C27H34ClNO3/c1-27(2,26(30)31-3)13-6-14-29-15-11-19(12-16-29)25-22-10-9-21(28)17-20(22)18-32-24-8-5-4-7-23(24)25/h4-5,7-10,17,19,25H,6,11-16,18H2,1-3H3. The molecule has 0 saturated carbocycles. The van der Waals surface area contributed by atoms with Crippen LogP contribution in [0.25, 0.3) is 0 Å². The first-order valence-corrected chi connectivity index (χ1v) is 12.1. The van der Waals surface area contributed by atoms with Crippen LogP contribution in [0.2, 0.25) is 5.02 Å². The molecule has 32 heavy (non-hydrogen) atoms. The molecular weight excluding hydrogens is 422 g/mol. The highest BCUT2D eigenvalue weighted by atomic mass is 35.5. The summed E-state index contributed by atoms with van der Waals surface area (Å²) in [6, 6.07) is 14.8. The van der Waals surface area contributed by atoms with Gasteiger partial charge in [-0.2, -0.15) is 0 Å². The topological polar surface area (TPSA) is 38.8 Å². The van der Waals surface area contributed by atoms with Crippen molar-refractivity contribution in [2.45, 2.75) is 52.1 Å². The normalized spacial score (nSPS) is 19.4. The van der Waals surface area contributed by atoms with E-state index in [2.05, 4.69) is 41.3 Å². The summed E-state index contributed by atoms with van der Waals surface area (Å²) in [6.45, 7) is 7.72. The van der Waals surface area contributed by atoms with E-state index < -0.39 is 5.41 Å². The van der Waals surface area contributed by atoms with Crippen LogP contribution in [0, 0.1) is 11.3 Å². The molecule has 0 N–H and O–H groups in total. The van der Waals surface area contributed by atoms with Crippen LogP contribution < -0.4 is 4.74 Å². The molecule has 4 nitrogen and oxygen atoms in total. The Morgan fingerprint density at radius 3 is 2.66 bits per heavy atom. The van der Waals surface area contributed by atoms with Gasteiger partial charge < -0.3 is 14.4 Å². The number of benzene rings is 2. The third-order valence-corrected chi connectivity index (χ3v) is 7.43. The van der Waals surface area contributed by atoms with E-state index in [1.807, 2.05) is 19.9 Å². The zero-order valence-electron chi connectivity index (χ0n) is 19.4. The molecule has 2 aromatic rings. The number of para-hydroxylation sites is 1. The molecule has 4 rings (SSSR count). The Bertz CT molecular complexity index is 950. The van der Waals surface area contributed by atoms with Gasteiger partial charge >= 0.3 is 5.97 Å². The lowest BCUT2D eigenvalue weighted by Crippen LogP contribution is -2.37. The molecule has 1 unspecified atom stereocenters. The van der Waals surface area contributed by atoms with Gasteiger partial charge in [0.2, 0.25) is 0 Å². The molecule has 5 heteroatoms. The van der Waals surface area contributed by atoms with Gasteiger partial charge in [0.1, 0.15) is 12.4 Å². The number of nitrogens with zero attached hydrogens (tertiary/aromatic N) is 1. The van der Waals surface area contributed by atoms with Crippen molar-refractivity contribution >= 4 is 17.6 Å². The summed E-state index contributed by atoms with van der Waals surface area (Å²) in [5.41, 5.74) is 3.44. The fourth-order valence-corrected chi connectivity index (χ4v) is 5.53. The number of hydrogen-bond acceptors (Lipinski definition) is 4. The second kappa shape index (κ2) is 9.84. The number of likely N-dealkylation sites (tertiary alicyclic amines) is 1. The maximum atomic E-state index is 11.9. The van der Waals surface area contributed by atoms with Crippen LogP contribution in [0.15, 0.2) is 42.5 Å². The van der Waals surface area contributed by atoms with Gasteiger partial charge in [0.05, 0.1) is 12.5 Å². The molecule has 2 aliphatic rings. The number of esters is 1. The number of rotatable bonds is 6. The van der Waals surface area contributed by atoms with E-state index >= 15 is 0 Å². The van der Waals surface area contributed by atoms with Gasteiger partial charge in [-0.15, -0.1) is 0 Å². The first kappa shape index (κ1) is 23.1. The first-order chi connectivity index (χ1) is 15.4. The molecule has 1 atom stereocenters. The van der Waals surface area contributed by atoms with E-state index in [0.717, 1.165) is 56.1 Å². The SMILES string of the molecule is COC(=O)C(C)(C)CCCN1CCC(C2c3ccc(Cl)cc3COc3ccccc32)CC1. The fraction of sp³-hybridized carbons (Fsp3) is 0.519. The van der Waals surface area contributed by atoms with Crippen molar-refractivity contribution < 1.29 is 14.3 Å². The molecule has 0 aromatic heterocycles. The van der Waals surface area contributed by atoms with E-state index in [0.29, 0.717) is 18.4 Å². The minimum Gasteiger partial charge on any atom is -0.489 e. The minimum absolute atomic E-state index is 0.121. The van der Waals surface area contributed by atoms with E-state index in [4.69, 9.17) is 21.1 Å². The number of carbonyl (C=O) groups excluding carboxylic acids is 1. The minimum atomic E-state index is -0.415. The van der Waals surface area contributed by atoms with Gasteiger partial charge in [-0.05, 0) is 94.4 Å². The molecular formula is C27H34ClNO3. The molecule has 172 valence electrons. The Morgan fingerprint density at radius 1 is 1.16 bits per heavy atom. The molecule has 2 aliphatic heterocycles. The third-order valence-electron chi connectivity index (χ3n) is 7.20. The van der Waals surface area contributed by atoms with E-state index in [1.165, 1.54) is 23.8 Å². The second-order valence-electron chi connectivity index (χ2n) is 9.81. The Kier molecular flexibility index (Phi) is 7.11. The van der Waals surface area contributed by atoms with Crippen LogP contribution >= 0.6 is 11.6 Å². The summed E-state index contributed by atoms with van der Waals surface area (Å²) in [5, 5.41) is 0.766. The quantitative estimate of drug-likeness (QED) is 0.496. The predicted octanol–water partition coefficient (Wildman–Crippen LogP) is 6.06. The molecule has 2 heterocycles. The van der Waals surface area contributed by atoms with Crippen molar-refractivity contribution in [3.63, 3.8) is 0 Å². The summed E-state index contributed by atoms with van der Waals surface area (Å²) < 4.78 is 11.1. The van der Waals surface area contributed by atoms with Gasteiger partial charge in [0, 0.05) is 16.5 Å². The zero-order chi connectivity index (χ0) is 22.7. The lowest BCUT2D eigenvalue weighted by atomic mass is 9.75. The maximum Gasteiger partial charge on any atom is 0.311 e. The number of carbonyl (C=O) groups is 1. The third kappa shape index (κ3) is 4.97. The monoisotopic (exact) mass is 455 g/mol. The summed E-state index contributed by atoms with van der Waals surface area (Å²) in [4.78, 5) is 14.5. The second-order valence-corrected chi connectivity index (χ2v) is 10.2. The first-order valence-electron chi connectivity index (χ1n) is 11.7. The number of ether oxygens (including phenoxy) is 2. The Labute approximate surface area is 196 Å². The van der Waals surface area contributed by atoms with Crippen LogP contribution in [0.4, 0.5) is 0 Å². The summed E-state index contributed by atoms with van der Waals surface area (Å²) in [6.07, 6.45) is 4.16. The van der Waals surface area contributed by atoms with Gasteiger partial charge in [-0.1, -0.05) is 35.9 Å². The Hall–Kier alpha value is -2.04. The molecule has 0 spiro atoms. The van der Waals surface area contributed by atoms with Crippen molar-refractivity contribution in [2.24, 2.45) is 11.3 Å². The van der Waals surface area contributed by atoms with Crippen LogP contribution in [0.1, 0.15) is 62.1 Å². The molecule has 1 fully saturated rings. The lowest BCUT2D eigenvalue weighted by Gasteiger charge is -2.37. The smallest absolute Gasteiger partial charge is 0.311 e. The highest BCUT2D eigenvalue weighted by molar-refractivity contribution is 6.30. The molecule has 0 bridgehead atoms. The van der Waals surface area contributed by atoms with Crippen molar-refractivity contribution in [1.82, 2.24) is 4.90 Å². The average Bonchev–Trinajstić information content (AvgIpc) is 2.95. The summed E-state index contributed by atoms with van der Waals surface area (Å²) in [7, 11) is 1.47. The van der Waals surface area contributed by atoms with Gasteiger partial charge in [-0.25, -0.2) is 0 Å². The fourth-order valence-electron chi connectivity index (χ4n) is 5.34. The lowest BCUT2D eigenvalue weighted by molar-refractivity contribution is -0.151. The number of piperidine rings is 1. The predicted molar refractivity (Wildman–Crippen MR) is 128 cm³/mol. The molecule has 0 aliphatic carbocycles. The van der Waals surface area contributed by atoms with Crippen molar-refractivity contribution in [2.75, 3.05) is 26.7 Å². The number of hydrogen-bond donors (Lipinski definition) is 0. The van der Waals surface area contributed by atoms with Crippen LogP contribution in [0.5, 0.6) is 5.75 Å². The van der Waals surface area contributed by atoms with Crippen LogP contribution in [-0.4, -0.2) is 37.6 Å². The van der Waals surface area contributed by atoms with Gasteiger partial charge in [0.15, 0.2) is 0 Å². The van der Waals surface area contributed by atoms with Crippen LogP contribution in [0.3, 0.4) is 0 Å². The van der Waals surface area contributed by atoms with E-state index in [-0.39, 0.29) is 5.97 Å². The number of fused-ring (bicyclic) bond motifs is 2. The zero-order valence-corrected chi connectivity index (χ0v) is 20.2. The van der Waals surface area contributed by atoms with E-state index in [1.54, 1.807) is 0 Å². The average molecular weight is 456 g/mol. The Morgan fingerprint density at radius 2 is 1.91 bits per heavy atom. The maximum absolute atomic E-state index is 11.9. The highest BCUT2D eigenvalue weighted by Gasteiger charge is 2.34. The van der Waals surface area contributed by atoms with Gasteiger partial charge in [0.25, 0.3) is 0 Å². The molecule has 0 amide bonds.